The fourth-order valence-corrected chi connectivity index (χ4v) is 5.85. The van der Waals surface area contributed by atoms with Crippen LogP contribution in [0.3, 0.4) is 0 Å². The van der Waals surface area contributed by atoms with E-state index in [1.807, 2.05) is 19.2 Å². The minimum absolute atomic E-state index is 0.0234. The van der Waals surface area contributed by atoms with Crippen LogP contribution in [-0.2, 0) is 6.54 Å². The first-order valence-corrected chi connectivity index (χ1v) is 13.0. The minimum Gasteiger partial charge on any atom is -0.396 e. The SMILES string of the molecule is Cc1ccc([C@@H](C)Nc2nc(C)c(-c3nc4c(s3)C=CNC4)c(N[C@@H]3C[C@H](CO)[C@@H](O)[C@H]3O)n2)cc1. The summed E-state index contributed by atoms with van der Waals surface area (Å²) in [5, 5.41) is 41.4. The van der Waals surface area contributed by atoms with E-state index >= 15 is 0 Å². The molecular weight excluding hydrogens is 476 g/mol. The Morgan fingerprint density at radius 3 is 2.58 bits per heavy atom. The number of aliphatic hydroxyl groups excluding tert-OH is 3. The van der Waals surface area contributed by atoms with Gasteiger partial charge < -0.3 is 31.3 Å². The number of anilines is 2. The molecule has 36 heavy (non-hydrogen) atoms. The van der Waals surface area contributed by atoms with E-state index in [1.165, 1.54) is 5.56 Å². The largest absolute Gasteiger partial charge is 0.396 e. The van der Waals surface area contributed by atoms with Gasteiger partial charge in [0.1, 0.15) is 16.9 Å². The third-order valence-corrected chi connectivity index (χ3v) is 8.02. The van der Waals surface area contributed by atoms with E-state index in [0.29, 0.717) is 24.7 Å². The highest BCUT2D eigenvalue weighted by Gasteiger charge is 2.41. The first-order chi connectivity index (χ1) is 17.3. The zero-order valence-corrected chi connectivity index (χ0v) is 21.4. The van der Waals surface area contributed by atoms with Crippen LogP contribution >= 0.6 is 11.3 Å². The number of rotatable bonds is 7. The highest BCUT2D eigenvalue weighted by atomic mass is 32.1. The van der Waals surface area contributed by atoms with Gasteiger partial charge in [0.15, 0.2) is 0 Å². The molecule has 2 aromatic heterocycles. The van der Waals surface area contributed by atoms with Gasteiger partial charge in [-0.3, -0.25) is 0 Å². The first kappa shape index (κ1) is 24.6. The van der Waals surface area contributed by atoms with E-state index in [2.05, 4.69) is 54.1 Å². The summed E-state index contributed by atoms with van der Waals surface area (Å²) in [7, 11) is 0. The van der Waals surface area contributed by atoms with E-state index in [1.54, 1.807) is 11.3 Å². The number of aryl methyl sites for hydroxylation is 2. The van der Waals surface area contributed by atoms with Gasteiger partial charge in [-0.25, -0.2) is 9.97 Å². The molecule has 1 aliphatic carbocycles. The van der Waals surface area contributed by atoms with Crippen LogP contribution in [0.15, 0.2) is 30.5 Å². The lowest BCUT2D eigenvalue weighted by Gasteiger charge is -2.22. The van der Waals surface area contributed by atoms with Gasteiger partial charge in [0.2, 0.25) is 5.95 Å². The maximum absolute atomic E-state index is 10.7. The van der Waals surface area contributed by atoms with Crippen LogP contribution in [0.2, 0.25) is 0 Å². The second-order valence-corrected chi connectivity index (χ2v) is 10.6. The van der Waals surface area contributed by atoms with Gasteiger partial charge in [0.25, 0.3) is 0 Å². The number of nitrogens with zero attached hydrogens (tertiary/aromatic N) is 3. The molecule has 5 rings (SSSR count). The van der Waals surface area contributed by atoms with E-state index in [9.17, 15) is 15.3 Å². The number of benzene rings is 1. The van der Waals surface area contributed by atoms with Crippen molar-refractivity contribution in [1.29, 1.82) is 0 Å². The van der Waals surface area contributed by atoms with Gasteiger partial charge >= 0.3 is 0 Å². The predicted octanol–water partition coefficient (Wildman–Crippen LogP) is 2.98. The summed E-state index contributed by atoms with van der Waals surface area (Å²) >= 11 is 1.57. The Labute approximate surface area is 214 Å². The van der Waals surface area contributed by atoms with E-state index in [0.717, 1.165) is 32.4 Å². The summed E-state index contributed by atoms with van der Waals surface area (Å²) in [5.41, 5.74) is 4.80. The van der Waals surface area contributed by atoms with Crippen molar-refractivity contribution in [2.75, 3.05) is 17.2 Å². The topological polar surface area (TPSA) is 135 Å². The molecule has 5 atom stereocenters. The second-order valence-electron chi connectivity index (χ2n) is 9.59. The second kappa shape index (κ2) is 10.1. The predicted molar refractivity (Wildman–Crippen MR) is 142 cm³/mol. The monoisotopic (exact) mass is 508 g/mol. The molecule has 1 aromatic carbocycles. The van der Waals surface area contributed by atoms with Crippen LogP contribution < -0.4 is 16.0 Å². The van der Waals surface area contributed by atoms with Crippen molar-refractivity contribution in [3.8, 4) is 10.6 Å². The standard InChI is InChI=1S/C26H32N6O3S/c1-13-4-6-16(7-5-13)14(2)28-26-29-15(3)21(25-31-19-11-27-9-8-20(19)36-25)24(32-26)30-18-10-17(12-33)22(34)23(18)35/h4-9,14,17-18,22-23,27,33-35H,10-12H2,1-3H3,(H2,28,29,30,32)/t14-,17-,18-,22-,23+/m1/s1. The average molecular weight is 509 g/mol. The number of fused-ring (bicyclic) bond motifs is 1. The normalized spacial score (nSPS) is 23.7. The molecule has 0 spiro atoms. The summed E-state index contributed by atoms with van der Waals surface area (Å²) in [6.07, 6.45) is 2.32. The lowest BCUT2D eigenvalue weighted by Crippen LogP contribution is -2.35. The molecule has 0 saturated heterocycles. The molecule has 1 fully saturated rings. The lowest BCUT2D eigenvalue weighted by molar-refractivity contribution is 0.00446. The lowest BCUT2D eigenvalue weighted by atomic mass is 10.1. The van der Waals surface area contributed by atoms with Crippen molar-refractivity contribution >= 4 is 29.2 Å². The zero-order valence-electron chi connectivity index (χ0n) is 20.6. The van der Waals surface area contributed by atoms with Gasteiger partial charge in [-0.05, 0) is 45.0 Å². The fraction of sp³-hybridized carbons (Fsp3) is 0.423. The third-order valence-electron chi connectivity index (χ3n) is 6.93. The van der Waals surface area contributed by atoms with Crippen LogP contribution in [0, 0.1) is 19.8 Å². The van der Waals surface area contributed by atoms with Gasteiger partial charge in [0.05, 0.1) is 46.6 Å². The molecule has 9 nitrogen and oxygen atoms in total. The van der Waals surface area contributed by atoms with Gasteiger partial charge in [0, 0.05) is 12.5 Å². The smallest absolute Gasteiger partial charge is 0.225 e. The quantitative estimate of drug-likeness (QED) is 0.285. The third kappa shape index (κ3) is 4.81. The molecule has 0 unspecified atom stereocenters. The highest BCUT2D eigenvalue weighted by Crippen LogP contribution is 2.38. The van der Waals surface area contributed by atoms with E-state index in [4.69, 9.17) is 15.0 Å². The molecule has 0 radical (unpaired) electrons. The molecule has 1 aliphatic heterocycles. The summed E-state index contributed by atoms with van der Waals surface area (Å²) in [6, 6.07) is 7.83. The van der Waals surface area contributed by atoms with Crippen LogP contribution in [0.5, 0.6) is 0 Å². The Kier molecular flexibility index (Phi) is 6.94. The first-order valence-electron chi connectivity index (χ1n) is 12.2. The number of aliphatic hydroxyl groups is 3. The molecule has 3 aromatic rings. The molecular formula is C26H32N6O3S. The van der Waals surface area contributed by atoms with Crippen molar-refractivity contribution < 1.29 is 15.3 Å². The fourth-order valence-electron chi connectivity index (χ4n) is 4.77. The minimum atomic E-state index is -1.02. The summed E-state index contributed by atoms with van der Waals surface area (Å²) in [6.45, 7) is 6.51. The summed E-state index contributed by atoms with van der Waals surface area (Å²) < 4.78 is 0. The summed E-state index contributed by atoms with van der Waals surface area (Å²) in [5.74, 6) is 0.604. The highest BCUT2D eigenvalue weighted by molar-refractivity contribution is 7.16. The van der Waals surface area contributed by atoms with Crippen LogP contribution in [-0.4, -0.2) is 55.1 Å². The molecule has 3 heterocycles. The van der Waals surface area contributed by atoms with Crippen molar-refractivity contribution in [3.63, 3.8) is 0 Å². The maximum Gasteiger partial charge on any atom is 0.225 e. The number of hydrogen-bond donors (Lipinski definition) is 6. The van der Waals surface area contributed by atoms with Gasteiger partial charge in [-0.2, -0.15) is 4.98 Å². The van der Waals surface area contributed by atoms with Crippen molar-refractivity contribution in [2.24, 2.45) is 5.92 Å². The van der Waals surface area contributed by atoms with Crippen LogP contribution in [0.25, 0.3) is 16.6 Å². The maximum atomic E-state index is 10.7. The zero-order chi connectivity index (χ0) is 25.4. The van der Waals surface area contributed by atoms with Crippen molar-refractivity contribution in [3.05, 3.63) is 57.9 Å². The van der Waals surface area contributed by atoms with Gasteiger partial charge in [-0.15, -0.1) is 11.3 Å². The molecule has 2 aliphatic rings. The van der Waals surface area contributed by atoms with E-state index in [-0.39, 0.29) is 12.6 Å². The Bertz CT molecular complexity index is 1260. The molecule has 190 valence electrons. The Morgan fingerprint density at radius 1 is 1.11 bits per heavy atom. The molecule has 10 heteroatoms. The summed E-state index contributed by atoms with van der Waals surface area (Å²) in [4.78, 5) is 15.5. The van der Waals surface area contributed by atoms with Gasteiger partial charge in [-0.1, -0.05) is 29.8 Å². The number of nitrogens with one attached hydrogen (secondary N) is 3. The Hall–Kier alpha value is -3.05. The average Bonchev–Trinajstić information content (AvgIpc) is 3.40. The molecule has 6 N–H and O–H groups in total. The van der Waals surface area contributed by atoms with E-state index < -0.39 is 24.2 Å². The van der Waals surface area contributed by atoms with Crippen molar-refractivity contribution in [1.82, 2.24) is 20.3 Å². The number of thiazole rings is 1. The van der Waals surface area contributed by atoms with Crippen molar-refractivity contribution in [2.45, 2.75) is 58.0 Å². The Morgan fingerprint density at radius 2 is 1.89 bits per heavy atom. The van der Waals surface area contributed by atoms with Crippen LogP contribution in [0.1, 0.15) is 46.8 Å². The number of aromatic nitrogens is 3. The number of hydrogen-bond acceptors (Lipinski definition) is 10. The van der Waals surface area contributed by atoms with Crippen LogP contribution in [0.4, 0.5) is 11.8 Å². The Balaban J connectivity index is 1.51. The molecule has 0 amide bonds. The molecule has 1 saturated carbocycles. The molecule has 0 bridgehead atoms.